The van der Waals surface area contributed by atoms with Gasteiger partial charge in [-0.2, -0.15) is 0 Å². The molecule has 1 aliphatic heterocycles. The number of hydrogen-bond acceptors (Lipinski definition) is 4. The molecule has 1 aliphatic carbocycles. The molecule has 1 amide bonds. The number of nitrogens with zero attached hydrogens (tertiary/aromatic N) is 2. The number of benzene rings is 2. The van der Waals surface area contributed by atoms with E-state index in [0.717, 1.165) is 18.5 Å². The summed E-state index contributed by atoms with van der Waals surface area (Å²) in [5.41, 5.74) is 2.47. The first-order valence-electron chi connectivity index (χ1n) is 9.87. The molecule has 4 rings (SSSR count). The Morgan fingerprint density at radius 2 is 1.73 bits per heavy atom. The Morgan fingerprint density at radius 1 is 1.03 bits per heavy atom. The van der Waals surface area contributed by atoms with Gasteiger partial charge in [0.15, 0.2) is 0 Å². The molecule has 1 saturated carbocycles. The zero-order chi connectivity index (χ0) is 21.5. The van der Waals surface area contributed by atoms with E-state index >= 15 is 0 Å². The standard InChI is InChI=1S/C21H23Cl2N3O3S/c1-14-3-2-4-16(11-14)25-7-9-26(10-8-25)21(27)17-12-20(19(23)13-18(17)22)30(28,29)24-15-5-6-15/h2-4,11-13,15,24H,5-10H2,1H3. The quantitative estimate of drug-likeness (QED) is 0.727. The molecule has 160 valence electrons. The highest BCUT2D eigenvalue weighted by atomic mass is 35.5. The first-order valence-corrected chi connectivity index (χ1v) is 12.1. The van der Waals surface area contributed by atoms with E-state index in [9.17, 15) is 13.2 Å². The number of hydrogen-bond donors (Lipinski definition) is 1. The molecule has 0 aromatic heterocycles. The van der Waals surface area contributed by atoms with Crippen molar-refractivity contribution >= 4 is 44.8 Å². The highest BCUT2D eigenvalue weighted by Gasteiger charge is 2.31. The maximum absolute atomic E-state index is 13.1. The Labute approximate surface area is 186 Å². The van der Waals surface area contributed by atoms with Gasteiger partial charge in [0.2, 0.25) is 10.0 Å². The van der Waals surface area contributed by atoms with E-state index in [-0.39, 0.29) is 32.5 Å². The van der Waals surface area contributed by atoms with E-state index in [1.807, 2.05) is 6.07 Å². The second-order valence-electron chi connectivity index (χ2n) is 7.78. The molecule has 0 radical (unpaired) electrons. The van der Waals surface area contributed by atoms with E-state index in [4.69, 9.17) is 23.2 Å². The van der Waals surface area contributed by atoms with Crippen LogP contribution in [-0.4, -0.2) is 51.4 Å². The number of amides is 1. The van der Waals surface area contributed by atoms with E-state index < -0.39 is 10.0 Å². The smallest absolute Gasteiger partial charge is 0.255 e. The van der Waals surface area contributed by atoms with E-state index in [0.29, 0.717) is 26.2 Å². The predicted molar refractivity (Wildman–Crippen MR) is 119 cm³/mol. The van der Waals surface area contributed by atoms with Gasteiger partial charge in [0.25, 0.3) is 5.91 Å². The summed E-state index contributed by atoms with van der Waals surface area (Å²) >= 11 is 12.4. The lowest BCUT2D eigenvalue weighted by Gasteiger charge is -2.36. The predicted octanol–water partition coefficient (Wildman–Crippen LogP) is 3.70. The average Bonchev–Trinajstić information content (AvgIpc) is 3.51. The minimum atomic E-state index is -3.80. The van der Waals surface area contributed by atoms with Crippen LogP contribution in [0.2, 0.25) is 10.0 Å². The summed E-state index contributed by atoms with van der Waals surface area (Å²) in [6.45, 7) is 4.47. The fourth-order valence-electron chi connectivity index (χ4n) is 3.55. The van der Waals surface area contributed by atoms with E-state index in [1.165, 1.54) is 17.7 Å². The lowest BCUT2D eigenvalue weighted by Crippen LogP contribution is -2.48. The van der Waals surface area contributed by atoms with Crippen molar-refractivity contribution in [2.24, 2.45) is 0 Å². The van der Waals surface area contributed by atoms with Gasteiger partial charge in [0, 0.05) is 37.9 Å². The molecule has 0 atom stereocenters. The number of carbonyl (C=O) groups excluding carboxylic acids is 1. The van der Waals surface area contributed by atoms with Gasteiger partial charge < -0.3 is 9.80 Å². The van der Waals surface area contributed by atoms with Crippen molar-refractivity contribution in [3.8, 4) is 0 Å². The lowest BCUT2D eigenvalue weighted by atomic mass is 10.1. The van der Waals surface area contributed by atoms with Crippen molar-refractivity contribution in [2.45, 2.75) is 30.7 Å². The molecule has 2 aromatic rings. The first kappa shape index (κ1) is 21.4. The summed E-state index contributed by atoms with van der Waals surface area (Å²) in [7, 11) is -3.80. The maximum atomic E-state index is 13.1. The van der Waals surface area contributed by atoms with Gasteiger partial charge in [-0.25, -0.2) is 13.1 Å². The van der Waals surface area contributed by atoms with Crippen LogP contribution in [0.3, 0.4) is 0 Å². The number of halogens is 2. The molecule has 9 heteroatoms. The number of nitrogens with one attached hydrogen (secondary N) is 1. The van der Waals surface area contributed by atoms with Gasteiger partial charge in [0.05, 0.1) is 15.6 Å². The van der Waals surface area contributed by atoms with Gasteiger partial charge in [0.1, 0.15) is 4.90 Å². The van der Waals surface area contributed by atoms with Crippen LogP contribution in [0.4, 0.5) is 5.69 Å². The third kappa shape index (κ3) is 4.59. The SMILES string of the molecule is Cc1cccc(N2CCN(C(=O)c3cc(S(=O)(=O)NC4CC4)c(Cl)cc3Cl)CC2)c1. The molecule has 0 spiro atoms. The molecule has 30 heavy (non-hydrogen) atoms. The molecule has 0 bridgehead atoms. The van der Waals surface area contributed by atoms with Gasteiger partial charge >= 0.3 is 0 Å². The molecule has 1 N–H and O–H groups in total. The summed E-state index contributed by atoms with van der Waals surface area (Å²) in [6.07, 6.45) is 1.61. The van der Waals surface area contributed by atoms with Gasteiger partial charge in [-0.05, 0) is 49.6 Å². The summed E-state index contributed by atoms with van der Waals surface area (Å²) in [5, 5.41) is 0.158. The molecule has 1 heterocycles. The average molecular weight is 468 g/mol. The van der Waals surface area contributed by atoms with Crippen molar-refractivity contribution in [3.05, 3.63) is 57.6 Å². The van der Waals surface area contributed by atoms with Gasteiger partial charge in [-0.3, -0.25) is 4.79 Å². The summed E-state index contributed by atoms with van der Waals surface area (Å²) in [4.78, 5) is 16.9. The van der Waals surface area contributed by atoms with Crippen LogP contribution in [0.15, 0.2) is 41.3 Å². The molecule has 2 fully saturated rings. The van der Waals surface area contributed by atoms with Crippen LogP contribution in [-0.2, 0) is 10.0 Å². The molecule has 1 saturated heterocycles. The number of aryl methyl sites for hydroxylation is 1. The van der Waals surface area contributed by atoms with Crippen LogP contribution in [0.1, 0.15) is 28.8 Å². The fourth-order valence-corrected chi connectivity index (χ4v) is 5.70. The van der Waals surface area contributed by atoms with Crippen molar-refractivity contribution < 1.29 is 13.2 Å². The topological polar surface area (TPSA) is 69.7 Å². The Bertz CT molecular complexity index is 1080. The number of sulfonamides is 1. The number of rotatable bonds is 5. The first-order chi connectivity index (χ1) is 14.2. The van der Waals surface area contributed by atoms with E-state index in [2.05, 4.69) is 34.7 Å². The zero-order valence-corrected chi connectivity index (χ0v) is 18.9. The van der Waals surface area contributed by atoms with Crippen LogP contribution >= 0.6 is 23.2 Å². The van der Waals surface area contributed by atoms with Crippen LogP contribution in [0.5, 0.6) is 0 Å². The van der Waals surface area contributed by atoms with Gasteiger partial charge in [-0.1, -0.05) is 35.3 Å². The molecular formula is C21H23Cl2N3O3S. The molecule has 2 aromatic carbocycles. The summed E-state index contributed by atoms with van der Waals surface area (Å²) in [5.74, 6) is -0.288. The second-order valence-corrected chi connectivity index (χ2v) is 10.3. The Morgan fingerprint density at radius 3 is 2.37 bits per heavy atom. The van der Waals surface area contributed by atoms with E-state index in [1.54, 1.807) is 4.90 Å². The van der Waals surface area contributed by atoms with Crippen LogP contribution in [0, 0.1) is 6.92 Å². The van der Waals surface area contributed by atoms with Gasteiger partial charge in [-0.15, -0.1) is 0 Å². The molecular weight excluding hydrogens is 445 g/mol. The Balaban J connectivity index is 1.51. The summed E-state index contributed by atoms with van der Waals surface area (Å²) in [6, 6.07) is 10.8. The van der Waals surface area contributed by atoms with Crippen LogP contribution < -0.4 is 9.62 Å². The second kappa shape index (κ2) is 8.38. The highest BCUT2D eigenvalue weighted by Crippen LogP contribution is 2.31. The zero-order valence-electron chi connectivity index (χ0n) is 16.6. The van der Waals surface area contributed by atoms with Crippen molar-refractivity contribution in [1.29, 1.82) is 0 Å². The highest BCUT2D eigenvalue weighted by molar-refractivity contribution is 7.89. The Kier molecular flexibility index (Phi) is 5.99. The Hall–Kier alpha value is -1.80. The number of carbonyl (C=O) groups is 1. The van der Waals surface area contributed by atoms with Crippen molar-refractivity contribution in [3.63, 3.8) is 0 Å². The molecule has 6 nitrogen and oxygen atoms in total. The number of piperazine rings is 1. The lowest BCUT2D eigenvalue weighted by molar-refractivity contribution is 0.0746. The number of anilines is 1. The van der Waals surface area contributed by atoms with Crippen LogP contribution in [0.25, 0.3) is 0 Å². The normalized spacial score (nSPS) is 17.3. The molecule has 0 unspecified atom stereocenters. The van der Waals surface area contributed by atoms with Crippen molar-refractivity contribution in [2.75, 3.05) is 31.1 Å². The third-order valence-corrected chi connectivity index (χ3v) is 7.67. The minimum absolute atomic E-state index is 0.00830. The fraction of sp³-hybridized carbons (Fsp3) is 0.381. The maximum Gasteiger partial charge on any atom is 0.255 e. The summed E-state index contributed by atoms with van der Waals surface area (Å²) < 4.78 is 27.8. The third-order valence-electron chi connectivity index (χ3n) is 5.37. The molecule has 2 aliphatic rings. The minimum Gasteiger partial charge on any atom is -0.368 e. The largest absolute Gasteiger partial charge is 0.368 e. The van der Waals surface area contributed by atoms with Crippen molar-refractivity contribution in [1.82, 2.24) is 9.62 Å². The monoisotopic (exact) mass is 467 g/mol.